The molecule has 29 heavy (non-hydrogen) atoms. The monoisotopic (exact) mass is 419 g/mol. The van der Waals surface area contributed by atoms with E-state index in [0.29, 0.717) is 48.4 Å². The van der Waals surface area contributed by atoms with Gasteiger partial charge in [0.25, 0.3) is 5.56 Å². The third-order valence-electron chi connectivity index (χ3n) is 5.09. The smallest absolute Gasteiger partial charge is 0.253 e. The van der Waals surface area contributed by atoms with Crippen molar-refractivity contribution in [2.75, 3.05) is 40.2 Å². The predicted molar refractivity (Wildman–Crippen MR) is 113 cm³/mol. The Bertz CT molecular complexity index is 942. The molecule has 9 heteroatoms. The van der Waals surface area contributed by atoms with E-state index in [-0.39, 0.29) is 18.5 Å². The van der Waals surface area contributed by atoms with Crippen LogP contribution in [0.4, 0.5) is 0 Å². The van der Waals surface area contributed by atoms with E-state index in [1.54, 1.807) is 13.2 Å². The van der Waals surface area contributed by atoms with E-state index in [1.165, 1.54) is 0 Å². The summed E-state index contributed by atoms with van der Waals surface area (Å²) in [6.45, 7) is 3.15. The van der Waals surface area contributed by atoms with Gasteiger partial charge in [0, 0.05) is 43.8 Å². The quantitative estimate of drug-likeness (QED) is 0.519. The Hall–Kier alpha value is -2.36. The number of nitrogens with zero attached hydrogens (tertiary/aromatic N) is 1. The van der Waals surface area contributed by atoms with E-state index in [4.69, 9.17) is 31.2 Å². The minimum atomic E-state index is -0.145. The van der Waals surface area contributed by atoms with Crippen molar-refractivity contribution in [3.8, 4) is 11.5 Å². The van der Waals surface area contributed by atoms with Crippen molar-refractivity contribution >= 4 is 28.2 Å². The number of methoxy groups -OCH3 is 1. The zero-order valence-electron chi connectivity index (χ0n) is 16.4. The number of aromatic amines is 1. The van der Waals surface area contributed by atoms with Gasteiger partial charge in [-0.2, -0.15) is 0 Å². The molecule has 8 nitrogen and oxygen atoms in total. The molecule has 2 aromatic rings. The molecule has 0 bridgehead atoms. The van der Waals surface area contributed by atoms with E-state index >= 15 is 0 Å². The zero-order chi connectivity index (χ0) is 20.2. The first-order chi connectivity index (χ1) is 14.1. The second-order valence-corrected chi connectivity index (χ2v) is 7.54. The number of hydrogen-bond donors (Lipinski definition) is 2. The molecule has 0 aliphatic carbocycles. The maximum absolute atomic E-state index is 12.7. The van der Waals surface area contributed by atoms with Crippen LogP contribution in [0.3, 0.4) is 0 Å². The highest BCUT2D eigenvalue weighted by molar-refractivity contribution is 7.80. The maximum atomic E-state index is 12.7. The molecule has 1 aromatic heterocycles. The Morgan fingerprint density at radius 3 is 2.93 bits per heavy atom. The average molecular weight is 420 g/mol. The largest absolute Gasteiger partial charge is 0.454 e. The van der Waals surface area contributed by atoms with Crippen LogP contribution in [0, 0.1) is 0 Å². The molecule has 3 heterocycles. The van der Waals surface area contributed by atoms with Crippen molar-refractivity contribution in [1.82, 2.24) is 15.2 Å². The standard InChI is InChI=1S/C20H25N3O5S/c1-25-6-4-21-20(29)23(11-15-3-2-5-26-15)10-14-7-13-8-17-18(28-12-27-17)9-16(13)22-19(14)24/h7-9,15H,2-6,10-12H2,1H3,(H,21,29)(H,22,24)/t15-/m1/s1. The first kappa shape index (κ1) is 19.9. The van der Waals surface area contributed by atoms with Crippen molar-refractivity contribution in [2.45, 2.75) is 25.5 Å². The number of thiocarbonyl (C=S) groups is 1. The molecule has 0 spiro atoms. The van der Waals surface area contributed by atoms with Gasteiger partial charge in [-0.15, -0.1) is 0 Å². The number of benzene rings is 1. The lowest BCUT2D eigenvalue weighted by atomic mass is 10.1. The number of nitrogens with one attached hydrogen (secondary N) is 2. The molecule has 1 atom stereocenters. The first-order valence-corrected chi connectivity index (χ1v) is 10.1. The van der Waals surface area contributed by atoms with Crippen LogP contribution < -0.4 is 20.3 Å². The molecule has 2 N–H and O–H groups in total. The number of rotatable bonds is 7. The summed E-state index contributed by atoms with van der Waals surface area (Å²) in [5, 5.41) is 4.67. The normalized spacial score (nSPS) is 17.6. The molecule has 0 amide bonds. The van der Waals surface area contributed by atoms with Crippen molar-refractivity contribution in [3.63, 3.8) is 0 Å². The number of ether oxygens (including phenoxy) is 4. The fourth-order valence-corrected chi connectivity index (χ4v) is 3.83. The van der Waals surface area contributed by atoms with Gasteiger partial charge in [-0.3, -0.25) is 4.79 Å². The van der Waals surface area contributed by atoms with Crippen LogP contribution in [0.15, 0.2) is 23.0 Å². The molecule has 1 aromatic carbocycles. The molecular formula is C20H25N3O5S. The van der Waals surface area contributed by atoms with Gasteiger partial charge in [0.15, 0.2) is 16.6 Å². The summed E-state index contributed by atoms with van der Waals surface area (Å²) in [7, 11) is 1.65. The first-order valence-electron chi connectivity index (χ1n) is 9.73. The second-order valence-electron chi connectivity index (χ2n) is 7.16. The van der Waals surface area contributed by atoms with Crippen molar-refractivity contribution in [3.05, 3.63) is 34.1 Å². The van der Waals surface area contributed by atoms with Crippen molar-refractivity contribution in [1.29, 1.82) is 0 Å². The highest BCUT2D eigenvalue weighted by Crippen LogP contribution is 2.35. The topological polar surface area (TPSA) is 85.1 Å². The van der Waals surface area contributed by atoms with E-state index in [2.05, 4.69) is 10.3 Å². The Morgan fingerprint density at radius 2 is 2.17 bits per heavy atom. The van der Waals surface area contributed by atoms with Crippen LogP contribution in [-0.2, 0) is 16.0 Å². The summed E-state index contributed by atoms with van der Waals surface area (Å²) < 4.78 is 21.7. The molecule has 2 aliphatic heterocycles. The van der Waals surface area contributed by atoms with Gasteiger partial charge in [0.2, 0.25) is 6.79 Å². The third-order valence-corrected chi connectivity index (χ3v) is 5.50. The van der Waals surface area contributed by atoms with E-state index < -0.39 is 0 Å². The zero-order valence-corrected chi connectivity index (χ0v) is 17.2. The number of aromatic nitrogens is 1. The maximum Gasteiger partial charge on any atom is 0.253 e. The highest BCUT2D eigenvalue weighted by atomic mass is 32.1. The van der Waals surface area contributed by atoms with E-state index in [9.17, 15) is 4.79 Å². The lowest BCUT2D eigenvalue weighted by molar-refractivity contribution is 0.0895. The Balaban J connectivity index is 1.57. The van der Waals surface area contributed by atoms with Crippen LogP contribution in [0.1, 0.15) is 18.4 Å². The second kappa shape index (κ2) is 8.98. The molecule has 156 valence electrons. The van der Waals surface area contributed by atoms with Gasteiger partial charge in [0.05, 0.1) is 24.8 Å². The van der Waals surface area contributed by atoms with E-state index in [1.807, 2.05) is 17.0 Å². The Kier molecular flexibility index (Phi) is 6.17. The van der Waals surface area contributed by atoms with Gasteiger partial charge in [-0.05, 0) is 37.2 Å². The highest BCUT2D eigenvalue weighted by Gasteiger charge is 2.22. The summed E-state index contributed by atoms with van der Waals surface area (Å²) in [5.41, 5.74) is 1.20. The molecule has 0 saturated carbocycles. The Labute approximate surface area is 174 Å². The molecule has 4 rings (SSSR count). The third kappa shape index (κ3) is 4.63. The number of hydrogen-bond acceptors (Lipinski definition) is 6. The van der Waals surface area contributed by atoms with Gasteiger partial charge in [-0.25, -0.2) is 0 Å². The van der Waals surface area contributed by atoms with Crippen LogP contribution in [0.2, 0.25) is 0 Å². The molecule has 1 saturated heterocycles. The molecule has 2 aliphatic rings. The summed E-state index contributed by atoms with van der Waals surface area (Å²) in [5.74, 6) is 1.33. The van der Waals surface area contributed by atoms with E-state index in [0.717, 1.165) is 30.4 Å². The Morgan fingerprint density at radius 1 is 1.34 bits per heavy atom. The SMILES string of the molecule is COCCNC(=S)N(Cc1cc2cc3c(cc2[nH]c1=O)OCO3)C[C@H]1CCCO1. The fraction of sp³-hybridized carbons (Fsp3) is 0.500. The van der Waals surface area contributed by atoms with Gasteiger partial charge < -0.3 is 34.1 Å². The molecule has 0 unspecified atom stereocenters. The minimum Gasteiger partial charge on any atom is -0.454 e. The van der Waals surface area contributed by atoms with Crippen molar-refractivity contribution in [2.24, 2.45) is 0 Å². The lowest BCUT2D eigenvalue weighted by Crippen LogP contribution is -2.44. The van der Waals surface area contributed by atoms with Gasteiger partial charge in [0.1, 0.15) is 0 Å². The summed E-state index contributed by atoms with van der Waals surface area (Å²) >= 11 is 5.58. The predicted octanol–water partition coefficient (Wildman–Crippen LogP) is 1.76. The van der Waals surface area contributed by atoms with Crippen molar-refractivity contribution < 1.29 is 18.9 Å². The number of H-pyrrole nitrogens is 1. The summed E-state index contributed by atoms with van der Waals surface area (Å²) in [6.07, 6.45) is 2.16. The minimum absolute atomic E-state index is 0.116. The number of pyridine rings is 1. The van der Waals surface area contributed by atoms with Crippen LogP contribution >= 0.6 is 12.2 Å². The average Bonchev–Trinajstić information content (AvgIpc) is 3.38. The molecule has 1 fully saturated rings. The van der Waals surface area contributed by atoms with Crippen LogP contribution in [0.25, 0.3) is 10.9 Å². The summed E-state index contributed by atoms with van der Waals surface area (Å²) in [6, 6.07) is 5.57. The molecule has 0 radical (unpaired) electrons. The summed E-state index contributed by atoms with van der Waals surface area (Å²) in [4.78, 5) is 17.7. The lowest BCUT2D eigenvalue weighted by Gasteiger charge is -2.28. The molecular weight excluding hydrogens is 394 g/mol. The fourth-order valence-electron chi connectivity index (χ4n) is 3.59. The van der Waals surface area contributed by atoms with Gasteiger partial charge >= 0.3 is 0 Å². The van der Waals surface area contributed by atoms with Crippen LogP contribution in [-0.4, -0.2) is 61.3 Å². The number of fused-ring (bicyclic) bond motifs is 2. The van der Waals surface area contributed by atoms with Gasteiger partial charge in [-0.1, -0.05) is 0 Å². The van der Waals surface area contributed by atoms with Crippen LogP contribution in [0.5, 0.6) is 11.5 Å².